The lowest BCUT2D eigenvalue weighted by atomic mass is 9.75. The first-order valence-corrected chi connectivity index (χ1v) is 9.75. The van der Waals surface area contributed by atoms with Gasteiger partial charge in [-0.25, -0.2) is 4.79 Å². The number of likely N-dealkylation sites (N-methyl/N-ethyl adjacent to an activating group) is 1. The quantitative estimate of drug-likeness (QED) is 0.600. The zero-order valence-corrected chi connectivity index (χ0v) is 17.0. The van der Waals surface area contributed by atoms with Crippen molar-refractivity contribution in [2.24, 2.45) is 5.92 Å². The first kappa shape index (κ1) is 19.6. The van der Waals surface area contributed by atoms with Crippen LogP contribution in [-0.4, -0.2) is 56.4 Å². The molecule has 7 heteroatoms. The lowest BCUT2D eigenvalue weighted by Crippen LogP contribution is -2.52. The number of urea groups is 1. The van der Waals surface area contributed by atoms with Crippen LogP contribution in [0.25, 0.3) is 0 Å². The van der Waals surface area contributed by atoms with E-state index in [0.29, 0.717) is 5.56 Å². The molecule has 3 rings (SSSR count). The van der Waals surface area contributed by atoms with Crippen molar-refractivity contribution in [3.8, 4) is 0 Å². The van der Waals surface area contributed by atoms with Crippen LogP contribution in [0.5, 0.6) is 0 Å². The molecule has 1 saturated heterocycles. The van der Waals surface area contributed by atoms with Crippen LogP contribution in [0.3, 0.4) is 0 Å². The first-order chi connectivity index (χ1) is 12.6. The largest absolute Gasteiger partial charge is 0.327 e. The average molecular weight is 374 g/mol. The molecule has 3 amide bonds. The highest BCUT2D eigenvalue weighted by Gasteiger charge is 2.56. The minimum atomic E-state index is -0.854. The summed E-state index contributed by atoms with van der Waals surface area (Å²) in [4.78, 5) is 41.3. The summed E-state index contributed by atoms with van der Waals surface area (Å²) in [7, 11) is 1.68. The van der Waals surface area contributed by atoms with E-state index in [1.165, 1.54) is 17.5 Å². The van der Waals surface area contributed by atoms with Crippen molar-refractivity contribution < 1.29 is 14.4 Å². The van der Waals surface area contributed by atoms with Gasteiger partial charge in [-0.1, -0.05) is 19.3 Å². The van der Waals surface area contributed by atoms with Crippen molar-refractivity contribution in [1.82, 2.24) is 19.6 Å². The number of Topliss-reactive ketones (excluding diaryl/α,β-unsaturated/α-hetero) is 1. The number of rotatable bonds is 4. The number of carbonyl (C=O) groups is 3. The maximum atomic E-state index is 13.2. The highest BCUT2D eigenvalue weighted by atomic mass is 16.2. The van der Waals surface area contributed by atoms with E-state index in [0.717, 1.165) is 30.6 Å². The average Bonchev–Trinajstić information content (AvgIpc) is 3.19. The van der Waals surface area contributed by atoms with Gasteiger partial charge in [0.1, 0.15) is 5.54 Å². The van der Waals surface area contributed by atoms with Gasteiger partial charge in [0.05, 0.1) is 23.8 Å². The molecule has 0 spiro atoms. The second kappa shape index (κ2) is 6.77. The van der Waals surface area contributed by atoms with Gasteiger partial charge in [0, 0.05) is 13.2 Å². The Morgan fingerprint density at radius 2 is 1.85 bits per heavy atom. The predicted molar refractivity (Wildman–Crippen MR) is 101 cm³/mol. The highest BCUT2D eigenvalue weighted by molar-refractivity contribution is 6.11. The first-order valence-electron chi connectivity index (χ1n) is 9.75. The van der Waals surface area contributed by atoms with Gasteiger partial charge in [-0.05, 0) is 46.5 Å². The van der Waals surface area contributed by atoms with Crippen molar-refractivity contribution in [3.63, 3.8) is 0 Å². The van der Waals surface area contributed by atoms with Gasteiger partial charge in [0.25, 0.3) is 5.91 Å². The Hall–Kier alpha value is -2.18. The van der Waals surface area contributed by atoms with Gasteiger partial charge in [-0.15, -0.1) is 0 Å². The molecule has 7 nitrogen and oxygen atoms in total. The molecule has 1 aliphatic heterocycles. The number of carbonyl (C=O) groups excluding carboxylic acids is 3. The number of nitrogens with zero attached hydrogens (tertiary/aromatic N) is 4. The molecule has 1 saturated carbocycles. The summed E-state index contributed by atoms with van der Waals surface area (Å²) in [6, 6.07) is -0.385. The molecular formula is C20H30N4O3. The van der Waals surface area contributed by atoms with Gasteiger partial charge in [-0.2, -0.15) is 5.10 Å². The van der Waals surface area contributed by atoms with Crippen LogP contribution < -0.4 is 0 Å². The van der Waals surface area contributed by atoms with E-state index in [9.17, 15) is 14.4 Å². The molecule has 1 atom stereocenters. The van der Waals surface area contributed by atoms with Crippen LogP contribution in [0.4, 0.5) is 4.79 Å². The number of ketones is 1. The topological polar surface area (TPSA) is 75.5 Å². The molecule has 2 fully saturated rings. The summed E-state index contributed by atoms with van der Waals surface area (Å²) in [5, 5.41) is 4.24. The van der Waals surface area contributed by atoms with Crippen LogP contribution in [0.2, 0.25) is 0 Å². The van der Waals surface area contributed by atoms with E-state index >= 15 is 0 Å². The molecule has 1 aliphatic carbocycles. The normalized spacial score (nSPS) is 24.8. The molecule has 1 unspecified atom stereocenters. The zero-order valence-electron chi connectivity index (χ0n) is 17.0. The number of imide groups is 1. The van der Waals surface area contributed by atoms with Crippen LogP contribution in [0.15, 0.2) is 12.4 Å². The van der Waals surface area contributed by atoms with Crippen molar-refractivity contribution in [2.75, 3.05) is 13.6 Å². The maximum Gasteiger partial charge on any atom is 0.327 e. The fourth-order valence-corrected chi connectivity index (χ4v) is 4.20. The van der Waals surface area contributed by atoms with Gasteiger partial charge in [-0.3, -0.25) is 19.2 Å². The van der Waals surface area contributed by atoms with E-state index in [1.54, 1.807) is 17.9 Å². The van der Waals surface area contributed by atoms with Crippen molar-refractivity contribution >= 4 is 17.7 Å². The molecule has 27 heavy (non-hydrogen) atoms. The van der Waals surface area contributed by atoms with Gasteiger partial charge in [0.15, 0.2) is 5.78 Å². The van der Waals surface area contributed by atoms with Crippen LogP contribution >= 0.6 is 0 Å². The fraction of sp³-hybridized carbons (Fsp3) is 0.700. The minimum absolute atomic E-state index is 0.149. The van der Waals surface area contributed by atoms with E-state index in [4.69, 9.17) is 0 Å². The Labute approximate surface area is 160 Å². The molecule has 0 radical (unpaired) electrons. The summed E-state index contributed by atoms with van der Waals surface area (Å²) in [5.41, 5.74) is -0.676. The summed E-state index contributed by atoms with van der Waals surface area (Å²) in [6.07, 6.45) is 8.42. The molecule has 0 N–H and O–H groups in total. The van der Waals surface area contributed by atoms with Gasteiger partial charge >= 0.3 is 6.03 Å². The summed E-state index contributed by atoms with van der Waals surface area (Å²) in [5.74, 6) is -0.372. The molecule has 148 valence electrons. The van der Waals surface area contributed by atoms with Crippen LogP contribution in [0.1, 0.15) is 70.2 Å². The van der Waals surface area contributed by atoms with Gasteiger partial charge < -0.3 is 4.90 Å². The number of hydrogen-bond donors (Lipinski definition) is 0. The molecule has 2 heterocycles. The summed E-state index contributed by atoms with van der Waals surface area (Å²) < 4.78 is 1.71. The van der Waals surface area contributed by atoms with Gasteiger partial charge in [0.2, 0.25) is 0 Å². The summed E-state index contributed by atoms with van der Waals surface area (Å²) in [6.45, 7) is 7.59. The Morgan fingerprint density at radius 1 is 1.22 bits per heavy atom. The number of hydrogen-bond acceptors (Lipinski definition) is 4. The predicted octanol–water partition coefficient (Wildman–Crippen LogP) is 3.05. The number of amides is 3. The summed E-state index contributed by atoms with van der Waals surface area (Å²) >= 11 is 0. The number of aromatic nitrogens is 2. The zero-order chi connectivity index (χ0) is 20.0. The minimum Gasteiger partial charge on any atom is -0.313 e. The maximum absolute atomic E-state index is 13.2. The van der Waals surface area contributed by atoms with E-state index in [1.807, 2.05) is 27.7 Å². The Kier molecular flexibility index (Phi) is 4.91. The Balaban J connectivity index is 1.78. The van der Waals surface area contributed by atoms with Crippen molar-refractivity contribution in [3.05, 3.63) is 18.0 Å². The highest BCUT2D eigenvalue weighted by Crippen LogP contribution is 2.40. The van der Waals surface area contributed by atoms with Crippen LogP contribution in [0, 0.1) is 5.92 Å². The molecule has 0 bridgehead atoms. The standard InChI is InChI=1S/C20H30N4O3/c1-19(2,3)24-12-14(11-21-24)16(25)13-23-17(26)20(4,22(5)18(23)27)15-9-7-6-8-10-15/h11-12,15H,6-10,13H2,1-5H3. The third-order valence-electron chi connectivity index (χ3n) is 6.19. The molecular weight excluding hydrogens is 344 g/mol. The Morgan fingerprint density at radius 3 is 2.41 bits per heavy atom. The van der Waals surface area contributed by atoms with E-state index in [-0.39, 0.29) is 35.7 Å². The molecule has 1 aromatic heterocycles. The SMILES string of the molecule is CN1C(=O)N(CC(=O)c2cnn(C(C)(C)C)c2)C(=O)C1(C)C1CCCCC1. The lowest BCUT2D eigenvalue weighted by molar-refractivity contribution is -0.135. The molecule has 1 aromatic rings. The Bertz CT molecular complexity index is 758. The second-order valence-corrected chi connectivity index (χ2v) is 8.98. The third-order valence-corrected chi connectivity index (χ3v) is 6.19. The van der Waals surface area contributed by atoms with E-state index in [2.05, 4.69) is 5.10 Å². The third kappa shape index (κ3) is 3.28. The van der Waals surface area contributed by atoms with Crippen LogP contribution in [-0.2, 0) is 10.3 Å². The second-order valence-electron chi connectivity index (χ2n) is 8.98. The molecule has 0 aromatic carbocycles. The monoisotopic (exact) mass is 374 g/mol. The van der Waals surface area contributed by atoms with Crippen molar-refractivity contribution in [1.29, 1.82) is 0 Å². The fourth-order valence-electron chi connectivity index (χ4n) is 4.20. The molecule has 2 aliphatic rings. The van der Waals surface area contributed by atoms with Crippen molar-refractivity contribution in [2.45, 2.75) is 70.9 Å². The van der Waals surface area contributed by atoms with E-state index < -0.39 is 5.54 Å². The smallest absolute Gasteiger partial charge is 0.313 e. The lowest BCUT2D eigenvalue weighted by Gasteiger charge is -2.38.